The summed E-state index contributed by atoms with van der Waals surface area (Å²) in [4.78, 5) is 12.3. The van der Waals surface area contributed by atoms with Crippen LogP contribution in [0.25, 0.3) is 0 Å². The van der Waals surface area contributed by atoms with Crippen molar-refractivity contribution >= 4 is 27.3 Å². The Morgan fingerprint density at radius 3 is 2.35 bits per heavy atom. The first-order valence-corrected chi connectivity index (χ1v) is 10.1. The molecule has 0 saturated carbocycles. The Hall–Kier alpha value is -2.38. The first-order valence-electron chi connectivity index (χ1n) is 8.66. The summed E-state index contributed by atoms with van der Waals surface area (Å²) in [7, 11) is -3.41. The van der Waals surface area contributed by atoms with Crippen LogP contribution in [0.4, 0.5) is 11.4 Å². The number of carbonyl (C=O) groups excluding carboxylic acids is 1. The lowest BCUT2D eigenvalue weighted by Crippen LogP contribution is -2.27. The van der Waals surface area contributed by atoms with E-state index in [2.05, 4.69) is 10.6 Å². The molecule has 0 atom stereocenters. The smallest absolute Gasteiger partial charge is 0.243 e. The molecule has 6 nitrogen and oxygen atoms in total. The van der Waals surface area contributed by atoms with Crippen LogP contribution in [0.2, 0.25) is 0 Å². The Bertz CT molecular complexity index is 873. The summed E-state index contributed by atoms with van der Waals surface area (Å²) >= 11 is 0. The molecule has 1 aliphatic heterocycles. The molecular weight excluding hydrogens is 350 g/mol. The van der Waals surface area contributed by atoms with Crippen LogP contribution in [-0.4, -0.2) is 38.3 Å². The highest BCUT2D eigenvalue weighted by atomic mass is 32.2. The zero-order valence-electron chi connectivity index (χ0n) is 14.7. The minimum absolute atomic E-state index is 0.104. The fraction of sp³-hybridized carbons (Fsp3) is 0.316. The molecule has 0 radical (unpaired) electrons. The van der Waals surface area contributed by atoms with Gasteiger partial charge in [0, 0.05) is 24.5 Å². The number of sulfonamides is 1. The van der Waals surface area contributed by atoms with Crippen molar-refractivity contribution in [2.24, 2.45) is 0 Å². The molecule has 3 rings (SSSR count). The van der Waals surface area contributed by atoms with Crippen LogP contribution in [0.5, 0.6) is 0 Å². The van der Waals surface area contributed by atoms with Gasteiger partial charge in [-0.05, 0) is 55.7 Å². The van der Waals surface area contributed by atoms with E-state index in [-0.39, 0.29) is 17.3 Å². The van der Waals surface area contributed by atoms with E-state index in [1.54, 1.807) is 24.3 Å². The molecule has 1 amide bonds. The molecule has 138 valence electrons. The van der Waals surface area contributed by atoms with Crippen molar-refractivity contribution in [3.05, 3.63) is 54.1 Å². The van der Waals surface area contributed by atoms with Gasteiger partial charge in [-0.1, -0.05) is 18.2 Å². The standard InChI is InChI=1S/C19H23N3O3S/c1-15-6-2-3-7-18(15)21-19(23)14-20-16-8-10-17(11-9-16)26(24,25)22-12-4-5-13-22/h2-3,6-11,20H,4-5,12-14H2,1H3,(H,21,23). The monoisotopic (exact) mass is 373 g/mol. The minimum Gasteiger partial charge on any atom is -0.376 e. The highest BCUT2D eigenvalue weighted by Gasteiger charge is 2.26. The third-order valence-corrected chi connectivity index (χ3v) is 6.34. The first kappa shape index (κ1) is 18.4. The van der Waals surface area contributed by atoms with Crippen LogP contribution in [-0.2, 0) is 14.8 Å². The Morgan fingerprint density at radius 2 is 1.69 bits per heavy atom. The molecule has 2 N–H and O–H groups in total. The second-order valence-electron chi connectivity index (χ2n) is 6.35. The van der Waals surface area contributed by atoms with Gasteiger partial charge in [0.2, 0.25) is 15.9 Å². The fourth-order valence-corrected chi connectivity index (χ4v) is 4.43. The Kier molecular flexibility index (Phi) is 5.58. The number of hydrogen-bond acceptors (Lipinski definition) is 4. The number of aryl methyl sites for hydroxylation is 1. The number of carbonyl (C=O) groups is 1. The van der Waals surface area contributed by atoms with E-state index >= 15 is 0 Å². The van der Waals surface area contributed by atoms with E-state index in [1.807, 2.05) is 31.2 Å². The van der Waals surface area contributed by atoms with Crippen molar-refractivity contribution in [1.29, 1.82) is 0 Å². The topological polar surface area (TPSA) is 78.5 Å². The van der Waals surface area contributed by atoms with E-state index in [0.717, 1.165) is 24.1 Å². The Morgan fingerprint density at radius 1 is 1.04 bits per heavy atom. The third kappa shape index (κ3) is 4.23. The molecule has 1 heterocycles. The fourth-order valence-electron chi connectivity index (χ4n) is 2.91. The SMILES string of the molecule is Cc1ccccc1NC(=O)CNc1ccc(S(=O)(=O)N2CCCC2)cc1. The summed E-state index contributed by atoms with van der Waals surface area (Å²) < 4.78 is 26.5. The predicted molar refractivity (Wildman–Crippen MR) is 103 cm³/mol. The lowest BCUT2D eigenvalue weighted by atomic mass is 10.2. The molecule has 1 aliphatic rings. The van der Waals surface area contributed by atoms with Gasteiger partial charge in [-0.15, -0.1) is 0 Å². The molecule has 0 aliphatic carbocycles. The second kappa shape index (κ2) is 7.88. The van der Waals surface area contributed by atoms with Crippen LogP contribution < -0.4 is 10.6 Å². The molecule has 0 bridgehead atoms. The molecule has 1 saturated heterocycles. The van der Waals surface area contributed by atoms with Crippen molar-refractivity contribution in [2.45, 2.75) is 24.7 Å². The van der Waals surface area contributed by atoms with E-state index in [4.69, 9.17) is 0 Å². The molecule has 1 fully saturated rings. The molecule has 7 heteroatoms. The average molecular weight is 373 g/mol. The van der Waals surface area contributed by atoms with Gasteiger partial charge in [-0.3, -0.25) is 4.79 Å². The van der Waals surface area contributed by atoms with E-state index in [9.17, 15) is 13.2 Å². The molecular formula is C19H23N3O3S. The zero-order valence-corrected chi connectivity index (χ0v) is 15.6. The maximum Gasteiger partial charge on any atom is 0.243 e. The lowest BCUT2D eigenvalue weighted by molar-refractivity contribution is -0.114. The first-order chi connectivity index (χ1) is 12.5. The van der Waals surface area contributed by atoms with Crippen LogP contribution in [0.1, 0.15) is 18.4 Å². The molecule has 0 aromatic heterocycles. The Labute approximate surface area is 154 Å². The van der Waals surface area contributed by atoms with Crippen LogP contribution in [0, 0.1) is 6.92 Å². The summed E-state index contributed by atoms with van der Waals surface area (Å²) in [6.45, 7) is 3.21. The summed E-state index contributed by atoms with van der Waals surface area (Å²) in [6.07, 6.45) is 1.82. The summed E-state index contributed by atoms with van der Waals surface area (Å²) in [6, 6.07) is 14.1. The van der Waals surface area contributed by atoms with Crippen molar-refractivity contribution in [2.75, 3.05) is 30.3 Å². The maximum absolute atomic E-state index is 12.5. The minimum atomic E-state index is -3.41. The van der Waals surface area contributed by atoms with Crippen LogP contribution >= 0.6 is 0 Å². The molecule has 2 aromatic rings. The number of hydrogen-bond donors (Lipinski definition) is 2. The van der Waals surface area contributed by atoms with E-state index in [1.165, 1.54) is 4.31 Å². The summed E-state index contributed by atoms with van der Waals surface area (Å²) in [5.74, 6) is -0.159. The van der Waals surface area contributed by atoms with Crippen LogP contribution in [0.15, 0.2) is 53.4 Å². The maximum atomic E-state index is 12.5. The number of para-hydroxylation sites is 1. The van der Waals surface area contributed by atoms with Crippen molar-refractivity contribution in [1.82, 2.24) is 4.31 Å². The van der Waals surface area contributed by atoms with Gasteiger partial charge in [-0.2, -0.15) is 4.31 Å². The molecule has 0 spiro atoms. The molecule has 26 heavy (non-hydrogen) atoms. The number of nitrogens with zero attached hydrogens (tertiary/aromatic N) is 1. The number of rotatable bonds is 6. The second-order valence-corrected chi connectivity index (χ2v) is 8.29. The van der Waals surface area contributed by atoms with Crippen molar-refractivity contribution in [3.63, 3.8) is 0 Å². The largest absolute Gasteiger partial charge is 0.376 e. The van der Waals surface area contributed by atoms with Crippen molar-refractivity contribution in [3.8, 4) is 0 Å². The average Bonchev–Trinajstić information content (AvgIpc) is 3.18. The van der Waals surface area contributed by atoms with Gasteiger partial charge < -0.3 is 10.6 Å². The molecule has 2 aromatic carbocycles. The van der Waals surface area contributed by atoms with E-state index in [0.29, 0.717) is 18.8 Å². The highest BCUT2D eigenvalue weighted by Crippen LogP contribution is 2.22. The Balaban J connectivity index is 1.57. The van der Waals surface area contributed by atoms with Gasteiger partial charge in [0.05, 0.1) is 11.4 Å². The number of benzene rings is 2. The van der Waals surface area contributed by atoms with Gasteiger partial charge in [0.25, 0.3) is 0 Å². The summed E-state index contributed by atoms with van der Waals surface area (Å²) in [5, 5.41) is 5.86. The van der Waals surface area contributed by atoms with Gasteiger partial charge in [-0.25, -0.2) is 8.42 Å². The third-order valence-electron chi connectivity index (χ3n) is 4.43. The number of anilines is 2. The van der Waals surface area contributed by atoms with Gasteiger partial charge >= 0.3 is 0 Å². The van der Waals surface area contributed by atoms with Gasteiger partial charge in [0.1, 0.15) is 0 Å². The van der Waals surface area contributed by atoms with Crippen LogP contribution in [0.3, 0.4) is 0 Å². The number of amides is 1. The predicted octanol–water partition coefficient (Wildman–Crippen LogP) is 2.83. The van der Waals surface area contributed by atoms with Crippen molar-refractivity contribution < 1.29 is 13.2 Å². The molecule has 0 unspecified atom stereocenters. The van der Waals surface area contributed by atoms with Gasteiger partial charge in [0.15, 0.2) is 0 Å². The summed E-state index contributed by atoms with van der Waals surface area (Å²) in [5.41, 5.74) is 2.48. The number of nitrogens with one attached hydrogen (secondary N) is 2. The lowest BCUT2D eigenvalue weighted by Gasteiger charge is -2.16. The zero-order chi connectivity index (χ0) is 18.6. The highest BCUT2D eigenvalue weighted by molar-refractivity contribution is 7.89. The quantitative estimate of drug-likeness (QED) is 0.816. The van der Waals surface area contributed by atoms with E-state index < -0.39 is 10.0 Å². The normalized spacial score (nSPS) is 15.0.